The van der Waals surface area contributed by atoms with Crippen molar-refractivity contribution in [1.82, 2.24) is 15.1 Å². The number of hydrogen-bond acceptors (Lipinski definition) is 3. The number of carboxylic acid groups (broad SMARTS) is 1. The van der Waals surface area contributed by atoms with Crippen LogP contribution in [0.1, 0.15) is 23.7 Å². The zero-order valence-corrected chi connectivity index (χ0v) is 12.6. The summed E-state index contributed by atoms with van der Waals surface area (Å²) in [6.45, 7) is -0.520. The number of hydrogen-bond donors (Lipinski definition) is 2. The Balaban J connectivity index is 2.07. The lowest BCUT2D eigenvalue weighted by Gasteiger charge is -2.17. The predicted molar refractivity (Wildman–Crippen MR) is 76.8 cm³/mol. The van der Waals surface area contributed by atoms with E-state index in [0.717, 1.165) is 29.1 Å². The lowest BCUT2D eigenvalue weighted by Crippen LogP contribution is -2.33. The first-order chi connectivity index (χ1) is 11.6. The Morgan fingerprint density at radius 1 is 1.20 bits per heavy atom. The second kappa shape index (κ2) is 7.32. The van der Waals surface area contributed by atoms with Gasteiger partial charge in [-0.15, -0.1) is 0 Å². The Hall–Kier alpha value is -2.91. The van der Waals surface area contributed by atoms with Crippen LogP contribution in [0.5, 0.6) is 0 Å². The molecule has 0 saturated carbocycles. The van der Waals surface area contributed by atoms with E-state index in [2.05, 4.69) is 10.4 Å². The Morgan fingerprint density at radius 3 is 2.36 bits per heavy atom. The molecular formula is C15H13F4N3O3. The summed E-state index contributed by atoms with van der Waals surface area (Å²) in [4.78, 5) is 22.9. The number of carbonyl (C=O) groups excluding carboxylic acids is 1. The highest BCUT2D eigenvalue weighted by Gasteiger charge is 2.33. The zero-order chi connectivity index (χ0) is 18.6. The maximum atomic E-state index is 13.0. The first-order valence-electron chi connectivity index (χ1n) is 7.02. The van der Waals surface area contributed by atoms with Gasteiger partial charge in [0, 0.05) is 6.20 Å². The molecule has 1 atom stereocenters. The summed E-state index contributed by atoms with van der Waals surface area (Å²) in [5, 5.41) is 14.6. The van der Waals surface area contributed by atoms with E-state index in [9.17, 15) is 27.2 Å². The number of aromatic nitrogens is 2. The average molecular weight is 359 g/mol. The third-order valence-electron chi connectivity index (χ3n) is 3.22. The van der Waals surface area contributed by atoms with Crippen LogP contribution < -0.4 is 5.32 Å². The van der Waals surface area contributed by atoms with Crippen LogP contribution in [0.15, 0.2) is 36.5 Å². The first kappa shape index (κ1) is 18.4. The summed E-state index contributed by atoms with van der Waals surface area (Å²) >= 11 is 0. The summed E-state index contributed by atoms with van der Waals surface area (Å²) in [5.41, 5.74) is -0.783. The topological polar surface area (TPSA) is 84.2 Å². The number of rotatable bonds is 6. The van der Waals surface area contributed by atoms with Crippen molar-refractivity contribution in [2.75, 3.05) is 0 Å². The monoisotopic (exact) mass is 359 g/mol. The third-order valence-corrected chi connectivity index (χ3v) is 3.22. The molecule has 1 unspecified atom stereocenters. The summed E-state index contributed by atoms with van der Waals surface area (Å²) in [6.07, 6.45) is -4.10. The van der Waals surface area contributed by atoms with Gasteiger partial charge in [-0.3, -0.25) is 14.3 Å². The van der Waals surface area contributed by atoms with E-state index < -0.39 is 48.6 Å². The van der Waals surface area contributed by atoms with Crippen LogP contribution in [-0.4, -0.2) is 26.8 Å². The molecule has 1 amide bonds. The molecule has 1 aromatic carbocycles. The third kappa shape index (κ3) is 5.30. The summed E-state index contributed by atoms with van der Waals surface area (Å²) < 4.78 is 51.2. The summed E-state index contributed by atoms with van der Waals surface area (Å²) in [6, 6.07) is 4.63. The molecule has 1 aromatic heterocycles. The Morgan fingerprint density at radius 2 is 1.84 bits per heavy atom. The lowest BCUT2D eigenvalue weighted by atomic mass is 10.0. The molecule has 6 nitrogen and oxygen atoms in total. The van der Waals surface area contributed by atoms with E-state index in [4.69, 9.17) is 5.11 Å². The molecule has 134 valence electrons. The van der Waals surface area contributed by atoms with Crippen LogP contribution in [0.2, 0.25) is 0 Å². The van der Waals surface area contributed by atoms with E-state index in [1.165, 1.54) is 12.1 Å². The molecule has 0 radical (unpaired) electrons. The first-order valence-corrected chi connectivity index (χ1v) is 7.02. The van der Waals surface area contributed by atoms with E-state index >= 15 is 0 Å². The van der Waals surface area contributed by atoms with Crippen molar-refractivity contribution in [1.29, 1.82) is 0 Å². The number of alkyl halides is 3. The minimum atomic E-state index is -4.62. The van der Waals surface area contributed by atoms with Gasteiger partial charge in [0.25, 0.3) is 0 Å². The van der Waals surface area contributed by atoms with Gasteiger partial charge < -0.3 is 10.4 Å². The number of carboxylic acids is 1. The van der Waals surface area contributed by atoms with Crippen LogP contribution in [0.25, 0.3) is 0 Å². The lowest BCUT2D eigenvalue weighted by molar-refractivity contribution is -0.142. The predicted octanol–water partition coefficient (Wildman–Crippen LogP) is 2.37. The number of nitrogens with zero attached hydrogens (tertiary/aromatic N) is 2. The van der Waals surface area contributed by atoms with Crippen molar-refractivity contribution in [2.24, 2.45) is 0 Å². The van der Waals surface area contributed by atoms with Crippen molar-refractivity contribution in [3.05, 3.63) is 53.6 Å². The molecule has 0 aliphatic carbocycles. The van der Waals surface area contributed by atoms with Gasteiger partial charge in [-0.2, -0.15) is 18.3 Å². The molecule has 10 heteroatoms. The molecule has 0 spiro atoms. The van der Waals surface area contributed by atoms with Gasteiger partial charge in [0.2, 0.25) is 5.91 Å². The second-order valence-corrected chi connectivity index (χ2v) is 5.17. The number of benzene rings is 1. The van der Waals surface area contributed by atoms with Gasteiger partial charge in [0.05, 0.1) is 12.5 Å². The molecule has 0 saturated heterocycles. The number of amides is 1. The molecule has 2 aromatic rings. The molecule has 0 fully saturated rings. The van der Waals surface area contributed by atoms with Gasteiger partial charge in [-0.25, -0.2) is 4.39 Å². The highest BCUT2D eigenvalue weighted by atomic mass is 19.4. The Bertz CT molecular complexity index is 756. The molecule has 1 heterocycles. The van der Waals surface area contributed by atoms with E-state index in [0.29, 0.717) is 5.56 Å². The van der Waals surface area contributed by atoms with Crippen LogP contribution in [-0.2, 0) is 22.3 Å². The standard InChI is InChI=1S/C15H13F4N3O3/c16-10-3-1-9(2-4-10)11(7-14(24)25)20-13(23)8-22-6-5-12(21-22)15(17,18)19/h1-6,11H,7-8H2,(H,20,23)(H,24,25). The van der Waals surface area contributed by atoms with Crippen molar-refractivity contribution < 1.29 is 32.3 Å². The smallest absolute Gasteiger partial charge is 0.435 e. The van der Waals surface area contributed by atoms with Gasteiger partial charge in [-0.1, -0.05) is 12.1 Å². The van der Waals surface area contributed by atoms with Crippen LogP contribution in [0.4, 0.5) is 17.6 Å². The highest BCUT2D eigenvalue weighted by molar-refractivity contribution is 5.77. The average Bonchev–Trinajstić information content (AvgIpc) is 2.95. The molecule has 0 bridgehead atoms. The van der Waals surface area contributed by atoms with Crippen LogP contribution >= 0.6 is 0 Å². The minimum absolute atomic E-state index is 0.355. The summed E-state index contributed by atoms with van der Waals surface area (Å²) in [7, 11) is 0. The van der Waals surface area contributed by atoms with Crippen molar-refractivity contribution >= 4 is 11.9 Å². The van der Waals surface area contributed by atoms with Crippen molar-refractivity contribution in [3.8, 4) is 0 Å². The maximum absolute atomic E-state index is 13.0. The molecule has 2 rings (SSSR count). The number of halogens is 4. The second-order valence-electron chi connectivity index (χ2n) is 5.17. The largest absolute Gasteiger partial charge is 0.481 e. The van der Waals surface area contributed by atoms with Gasteiger partial charge in [-0.05, 0) is 23.8 Å². The van der Waals surface area contributed by atoms with Gasteiger partial charge in [0.1, 0.15) is 12.4 Å². The fraction of sp³-hybridized carbons (Fsp3) is 0.267. The van der Waals surface area contributed by atoms with E-state index in [1.807, 2.05) is 0 Å². The molecule has 2 N–H and O–H groups in total. The van der Waals surface area contributed by atoms with Crippen LogP contribution in [0, 0.1) is 5.82 Å². The molecule has 0 aliphatic heterocycles. The number of aliphatic carboxylic acids is 1. The van der Waals surface area contributed by atoms with E-state index in [1.54, 1.807) is 0 Å². The van der Waals surface area contributed by atoms with Crippen LogP contribution in [0.3, 0.4) is 0 Å². The Labute approximate surface area is 139 Å². The number of carbonyl (C=O) groups is 2. The van der Waals surface area contributed by atoms with Crippen molar-refractivity contribution in [2.45, 2.75) is 25.2 Å². The quantitative estimate of drug-likeness (QED) is 0.776. The number of nitrogens with one attached hydrogen (secondary N) is 1. The van der Waals surface area contributed by atoms with Gasteiger partial charge in [0.15, 0.2) is 5.69 Å². The minimum Gasteiger partial charge on any atom is -0.481 e. The normalized spacial score (nSPS) is 12.6. The van der Waals surface area contributed by atoms with E-state index in [-0.39, 0.29) is 0 Å². The fourth-order valence-corrected chi connectivity index (χ4v) is 2.11. The highest BCUT2D eigenvalue weighted by Crippen LogP contribution is 2.27. The zero-order valence-electron chi connectivity index (χ0n) is 12.6. The summed E-state index contributed by atoms with van der Waals surface area (Å²) in [5.74, 6) is -2.46. The maximum Gasteiger partial charge on any atom is 0.435 e. The molecule has 25 heavy (non-hydrogen) atoms. The fourth-order valence-electron chi connectivity index (χ4n) is 2.11. The molecule has 0 aliphatic rings. The van der Waals surface area contributed by atoms with Crippen molar-refractivity contribution in [3.63, 3.8) is 0 Å². The molecular weight excluding hydrogens is 346 g/mol. The SMILES string of the molecule is O=C(O)CC(NC(=O)Cn1ccc(C(F)(F)F)n1)c1ccc(F)cc1. The Kier molecular flexibility index (Phi) is 5.40. The van der Waals surface area contributed by atoms with Gasteiger partial charge >= 0.3 is 12.1 Å².